The second-order valence-corrected chi connectivity index (χ2v) is 17.6. The minimum Gasteiger partial charge on any atom is -0.388 e. The minimum atomic E-state index is -0.582. The van der Waals surface area contributed by atoms with Gasteiger partial charge in [-0.15, -0.1) is 0 Å². The van der Waals surface area contributed by atoms with E-state index in [0.29, 0.717) is 50.4 Å². The lowest BCUT2D eigenvalue weighted by Gasteiger charge is -2.34. The number of Topliss-reactive ketones (excluding diaryl/α,β-unsaturated/α-hetero) is 1. The van der Waals surface area contributed by atoms with Gasteiger partial charge in [-0.25, -0.2) is 0 Å². The van der Waals surface area contributed by atoms with Crippen molar-refractivity contribution in [3.63, 3.8) is 0 Å². The van der Waals surface area contributed by atoms with Crippen molar-refractivity contribution >= 4 is 92.7 Å². The fourth-order valence-electron chi connectivity index (χ4n) is 8.72. The van der Waals surface area contributed by atoms with Gasteiger partial charge in [-0.05, 0) is 125 Å². The third-order valence-electron chi connectivity index (χ3n) is 11.9. The second-order valence-electron chi connectivity index (χ2n) is 15.9. The average molecular weight is 961 g/mol. The highest BCUT2D eigenvalue weighted by Gasteiger charge is 2.45. The number of hydrogen-bond donors (Lipinski definition) is 4. The summed E-state index contributed by atoms with van der Waals surface area (Å²) in [4.78, 5) is 51.5. The van der Waals surface area contributed by atoms with Gasteiger partial charge in [-0.2, -0.15) is 0 Å². The Labute approximate surface area is 406 Å². The molecule has 0 aromatic heterocycles. The third-order valence-corrected chi connectivity index (χ3v) is 13.1. The lowest BCUT2D eigenvalue weighted by molar-refractivity contribution is 0.100. The van der Waals surface area contributed by atoms with Crippen LogP contribution in [0.2, 0.25) is 20.1 Å². The summed E-state index contributed by atoms with van der Waals surface area (Å²) < 4.78 is 0. The van der Waals surface area contributed by atoms with Crippen molar-refractivity contribution in [3.05, 3.63) is 234 Å². The molecule has 9 rings (SSSR count). The molecule has 0 atom stereocenters. The number of ketones is 1. The molecule has 0 saturated carbocycles. The van der Waals surface area contributed by atoms with Crippen LogP contribution in [0, 0.1) is 0 Å². The van der Waals surface area contributed by atoms with Crippen LogP contribution in [0.1, 0.15) is 70.6 Å². The van der Waals surface area contributed by atoms with Crippen molar-refractivity contribution < 1.29 is 19.2 Å². The van der Waals surface area contributed by atoms with E-state index in [4.69, 9.17) is 46.4 Å². The third kappa shape index (κ3) is 8.57. The molecule has 0 spiro atoms. The summed E-state index contributed by atoms with van der Waals surface area (Å²) in [5.41, 5.74) is 10.8. The van der Waals surface area contributed by atoms with Gasteiger partial charge in [-0.3, -0.25) is 19.2 Å². The molecule has 8 nitrogen and oxygen atoms in total. The first-order valence-electron chi connectivity index (χ1n) is 21.1. The van der Waals surface area contributed by atoms with Gasteiger partial charge in [0.05, 0.1) is 25.5 Å². The molecule has 8 aromatic carbocycles. The molecule has 1 aliphatic rings. The molecule has 67 heavy (non-hydrogen) atoms. The Morgan fingerprint density at radius 2 is 0.731 bits per heavy atom. The van der Waals surface area contributed by atoms with E-state index in [0.717, 1.165) is 16.8 Å². The van der Waals surface area contributed by atoms with Gasteiger partial charge >= 0.3 is 0 Å². The topological polar surface area (TPSA) is 116 Å². The van der Waals surface area contributed by atoms with Crippen molar-refractivity contribution in [1.82, 2.24) is 0 Å². The number of benzene rings is 8. The molecule has 1 aliphatic carbocycles. The summed E-state index contributed by atoms with van der Waals surface area (Å²) in [5.74, 6) is -1.33. The molecule has 0 unspecified atom stereocenters. The first-order chi connectivity index (χ1) is 32.3. The summed E-state index contributed by atoms with van der Waals surface area (Å²) in [6.07, 6.45) is 0. The number of carbonyl (C=O) groups is 4. The van der Waals surface area contributed by atoms with E-state index in [1.54, 1.807) is 48.5 Å². The van der Waals surface area contributed by atoms with Gasteiger partial charge in [0.25, 0.3) is 17.7 Å². The zero-order valence-electron chi connectivity index (χ0n) is 35.8. The minimum absolute atomic E-state index is 0.110. The van der Waals surface area contributed by atoms with Crippen molar-refractivity contribution in [2.75, 3.05) is 28.3 Å². The van der Waals surface area contributed by atoms with Crippen LogP contribution in [0.3, 0.4) is 0 Å². The Bertz CT molecular complexity index is 3170. The highest BCUT2D eigenvalue weighted by molar-refractivity contribution is 6.45. The smallest absolute Gasteiger partial charge is 0.255 e. The van der Waals surface area contributed by atoms with Gasteiger partial charge in [-0.1, -0.05) is 131 Å². The zero-order chi connectivity index (χ0) is 47.0. The lowest BCUT2D eigenvalue weighted by atomic mass is 9.67. The zero-order valence-corrected chi connectivity index (χ0v) is 38.8. The summed E-state index contributed by atoms with van der Waals surface area (Å²) in [7, 11) is 1.91. The molecule has 8 aromatic rings. The maximum absolute atomic E-state index is 13.5. The fourth-order valence-corrected chi connectivity index (χ4v) is 10.1. The Morgan fingerprint density at radius 1 is 0.403 bits per heavy atom. The Morgan fingerprint density at radius 3 is 1.09 bits per heavy atom. The molecule has 4 N–H and O–H groups in total. The largest absolute Gasteiger partial charge is 0.388 e. The highest BCUT2D eigenvalue weighted by atomic mass is 35.5. The number of halogens is 4. The Balaban J connectivity index is 0.882. The summed E-state index contributed by atoms with van der Waals surface area (Å²) in [5, 5.41) is 12.4. The number of hydrogen-bond acceptors (Lipinski definition) is 5. The van der Waals surface area contributed by atoms with Crippen molar-refractivity contribution in [2.45, 2.75) is 12.3 Å². The quantitative estimate of drug-likeness (QED) is 0.0964. The molecule has 12 heteroatoms. The molecular weight excluding hydrogens is 922 g/mol. The normalized spacial score (nSPS) is 12.1. The van der Waals surface area contributed by atoms with Crippen LogP contribution in [0.25, 0.3) is 22.3 Å². The monoisotopic (exact) mass is 958 g/mol. The van der Waals surface area contributed by atoms with Crippen molar-refractivity contribution in [3.8, 4) is 22.3 Å². The van der Waals surface area contributed by atoms with E-state index in [-0.39, 0.29) is 31.8 Å². The highest BCUT2D eigenvalue weighted by Crippen LogP contribution is 2.56. The number of fused-ring (bicyclic) bond motifs is 3. The van der Waals surface area contributed by atoms with Crippen LogP contribution < -0.4 is 21.3 Å². The number of nitrogens with one attached hydrogen (secondary N) is 4. The van der Waals surface area contributed by atoms with Gasteiger partial charge < -0.3 is 21.3 Å². The molecule has 0 heterocycles. The molecule has 3 amide bonds. The number of rotatable bonds is 11. The van der Waals surface area contributed by atoms with E-state index in [2.05, 4.69) is 106 Å². The van der Waals surface area contributed by atoms with E-state index in [1.165, 1.54) is 53.4 Å². The van der Waals surface area contributed by atoms with Crippen LogP contribution >= 0.6 is 46.4 Å². The molecule has 0 saturated heterocycles. The van der Waals surface area contributed by atoms with E-state index >= 15 is 0 Å². The summed E-state index contributed by atoms with van der Waals surface area (Å²) in [6, 6.07) is 52.2. The van der Waals surface area contributed by atoms with Crippen molar-refractivity contribution in [1.29, 1.82) is 0 Å². The number of anilines is 4. The summed E-state index contributed by atoms with van der Waals surface area (Å²) in [6.45, 7) is 1.45. The van der Waals surface area contributed by atoms with Crippen LogP contribution in [-0.2, 0) is 5.41 Å². The lowest BCUT2D eigenvalue weighted by Crippen LogP contribution is -2.28. The Hall–Kier alpha value is -7.20. The maximum atomic E-state index is 13.5. The SMILES string of the molecule is CNc1ccc(C2(c3ccc(NC(=O)c4ccc(C(=O)Nc5cc(Cl)c(-c6c(Cl)cc(NC(=O)c7ccc(C(C)=O)cc7)cc6Cl)c(Cl)c5)cc4)cc3)c3ccccc3-c3ccccc32)cc1. The van der Waals surface area contributed by atoms with Gasteiger partial charge in [0, 0.05) is 63.2 Å². The van der Waals surface area contributed by atoms with Crippen LogP contribution in [0.15, 0.2) is 170 Å². The average Bonchev–Trinajstić information content (AvgIpc) is 3.63. The molecule has 0 bridgehead atoms. The van der Waals surface area contributed by atoms with Crippen LogP contribution in [-0.4, -0.2) is 30.6 Å². The molecule has 0 fully saturated rings. The Kier molecular flexibility index (Phi) is 12.5. The van der Waals surface area contributed by atoms with Crippen LogP contribution in [0.4, 0.5) is 22.7 Å². The predicted octanol–water partition coefficient (Wildman–Crippen LogP) is 14.3. The number of amides is 3. The predicted molar refractivity (Wildman–Crippen MR) is 272 cm³/mol. The first-order valence-corrected chi connectivity index (χ1v) is 22.6. The summed E-state index contributed by atoms with van der Waals surface area (Å²) >= 11 is 26.8. The van der Waals surface area contributed by atoms with Gasteiger partial charge in [0.2, 0.25) is 0 Å². The second kappa shape index (κ2) is 18.6. The van der Waals surface area contributed by atoms with E-state index < -0.39 is 17.2 Å². The van der Waals surface area contributed by atoms with Crippen molar-refractivity contribution in [2.24, 2.45) is 0 Å². The molecule has 0 radical (unpaired) electrons. The fraction of sp³-hybridized carbons (Fsp3) is 0.0545. The number of carbonyl (C=O) groups excluding carboxylic acids is 4. The molecular formula is C55H38Cl4N4O4. The maximum Gasteiger partial charge on any atom is 0.255 e. The van der Waals surface area contributed by atoms with Gasteiger partial charge in [0.1, 0.15) is 0 Å². The van der Waals surface area contributed by atoms with Crippen LogP contribution in [0.5, 0.6) is 0 Å². The van der Waals surface area contributed by atoms with Gasteiger partial charge in [0.15, 0.2) is 5.78 Å². The van der Waals surface area contributed by atoms with E-state index in [1.807, 2.05) is 19.2 Å². The molecule has 0 aliphatic heterocycles. The molecule has 330 valence electrons. The van der Waals surface area contributed by atoms with E-state index in [9.17, 15) is 19.2 Å². The first kappa shape index (κ1) is 45.0. The standard InChI is InChI=1S/C55H38Cl4N4O4/c1-31(64)32-11-13-33(14-12-32)53(66)62-40-27-46(56)50(47(57)28-40)51-48(58)29-41(30-49(51)59)63-54(67)35-17-15-34(16-18-35)52(65)61-39-25-21-37(22-26-39)55(36-19-23-38(60-2)24-20-36)44-9-5-3-7-42(44)43-8-4-6-10-45(43)55/h3-30,60H,1-2H3,(H,61,65)(H,62,66)(H,63,67).